The molecule has 1 atom stereocenters. The van der Waals surface area contributed by atoms with Gasteiger partial charge in [-0.05, 0) is 18.9 Å². The highest BCUT2D eigenvalue weighted by Crippen LogP contribution is 2.43. The summed E-state index contributed by atoms with van der Waals surface area (Å²) < 4.78 is 11.4. The van der Waals surface area contributed by atoms with E-state index in [1.807, 2.05) is 12.1 Å². The standard InChI is InChI=1S/C15H21ClN2O2/c16-13-4-1-3-12-14(13)20-8-2-5-15(12,11-17)18-6-9-19-10-7-18/h1,3-4H,2,5-11,17H2. The lowest BCUT2D eigenvalue weighted by Gasteiger charge is -2.45. The molecule has 0 spiro atoms. The summed E-state index contributed by atoms with van der Waals surface area (Å²) in [4.78, 5) is 2.44. The van der Waals surface area contributed by atoms with E-state index in [0.29, 0.717) is 18.2 Å². The molecular formula is C15H21ClN2O2. The second kappa shape index (κ2) is 5.90. The molecule has 0 radical (unpaired) electrons. The third-order valence-electron chi connectivity index (χ3n) is 4.40. The van der Waals surface area contributed by atoms with Gasteiger partial charge >= 0.3 is 0 Å². The van der Waals surface area contributed by atoms with Gasteiger partial charge in [-0.1, -0.05) is 23.7 Å². The lowest BCUT2D eigenvalue weighted by molar-refractivity contribution is -0.0252. The number of nitrogens with zero attached hydrogens (tertiary/aromatic N) is 1. The lowest BCUT2D eigenvalue weighted by atomic mass is 9.83. The Morgan fingerprint density at radius 1 is 1.25 bits per heavy atom. The largest absolute Gasteiger partial charge is 0.492 e. The van der Waals surface area contributed by atoms with Crippen LogP contribution in [0.3, 0.4) is 0 Å². The Hall–Kier alpha value is -0.810. The van der Waals surface area contributed by atoms with Crippen molar-refractivity contribution in [2.75, 3.05) is 39.5 Å². The Morgan fingerprint density at radius 2 is 2.05 bits per heavy atom. The molecule has 1 fully saturated rings. The number of ether oxygens (including phenoxy) is 2. The van der Waals surface area contributed by atoms with E-state index in [4.69, 9.17) is 26.8 Å². The van der Waals surface area contributed by atoms with Gasteiger partial charge in [0.25, 0.3) is 0 Å². The first-order valence-electron chi connectivity index (χ1n) is 7.22. The number of morpholine rings is 1. The van der Waals surface area contributed by atoms with Crippen molar-refractivity contribution < 1.29 is 9.47 Å². The van der Waals surface area contributed by atoms with E-state index < -0.39 is 0 Å². The van der Waals surface area contributed by atoms with E-state index in [2.05, 4.69) is 11.0 Å². The van der Waals surface area contributed by atoms with Crippen molar-refractivity contribution in [3.8, 4) is 5.75 Å². The molecule has 1 unspecified atom stereocenters. The number of para-hydroxylation sites is 1. The predicted molar refractivity (Wildman–Crippen MR) is 79.3 cm³/mol. The molecule has 0 amide bonds. The molecule has 0 aliphatic carbocycles. The van der Waals surface area contributed by atoms with E-state index in [-0.39, 0.29) is 5.54 Å². The fourth-order valence-electron chi connectivity index (χ4n) is 3.36. The summed E-state index contributed by atoms with van der Waals surface area (Å²) in [7, 11) is 0. The minimum Gasteiger partial charge on any atom is -0.492 e. The van der Waals surface area contributed by atoms with Gasteiger partial charge in [0, 0.05) is 25.2 Å². The zero-order valence-corrected chi connectivity index (χ0v) is 12.4. The normalized spacial score (nSPS) is 27.5. The van der Waals surface area contributed by atoms with Crippen LogP contribution in [-0.2, 0) is 10.3 Å². The molecule has 0 saturated carbocycles. The van der Waals surface area contributed by atoms with Crippen LogP contribution in [0.15, 0.2) is 18.2 Å². The molecular weight excluding hydrogens is 276 g/mol. The first kappa shape index (κ1) is 14.1. The van der Waals surface area contributed by atoms with Crippen LogP contribution >= 0.6 is 11.6 Å². The van der Waals surface area contributed by atoms with Crippen LogP contribution in [0, 0.1) is 0 Å². The highest BCUT2D eigenvalue weighted by molar-refractivity contribution is 6.32. The molecule has 1 aromatic carbocycles. The SMILES string of the molecule is NCC1(N2CCOCC2)CCCOc2c(Cl)cccc21. The van der Waals surface area contributed by atoms with Crippen LogP contribution in [-0.4, -0.2) is 44.4 Å². The molecule has 0 bridgehead atoms. The van der Waals surface area contributed by atoms with Crippen molar-refractivity contribution in [2.45, 2.75) is 18.4 Å². The van der Waals surface area contributed by atoms with Crippen molar-refractivity contribution in [1.82, 2.24) is 4.90 Å². The van der Waals surface area contributed by atoms with E-state index in [1.165, 1.54) is 0 Å². The zero-order chi connectivity index (χ0) is 14.0. The number of nitrogens with two attached hydrogens (primary N) is 1. The van der Waals surface area contributed by atoms with Gasteiger partial charge in [-0.25, -0.2) is 0 Å². The topological polar surface area (TPSA) is 47.7 Å². The fraction of sp³-hybridized carbons (Fsp3) is 0.600. The zero-order valence-electron chi connectivity index (χ0n) is 11.6. The fourth-order valence-corrected chi connectivity index (χ4v) is 3.59. The number of benzene rings is 1. The molecule has 110 valence electrons. The second-order valence-corrected chi connectivity index (χ2v) is 5.81. The third-order valence-corrected chi connectivity index (χ3v) is 4.70. The first-order valence-corrected chi connectivity index (χ1v) is 7.60. The first-order chi connectivity index (χ1) is 9.78. The molecule has 3 rings (SSSR count). The summed E-state index contributed by atoms with van der Waals surface area (Å²) in [5.74, 6) is 0.809. The van der Waals surface area contributed by atoms with Crippen molar-refractivity contribution in [2.24, 2.45) is 5.73 Å². The maximum Gasteiger partial charge on any atom is 0.142 e. The minimum absolute atomic E-state index is 0.180. The van der Waals surface area contributed by atoms with Crippen LogP contribution in [0.25, 0.3) is 0 Å². The van der Waals surface area contributed by atoms with E-state index in [9.17, 15) is 0 Å². The van der Waals surface area contributed by atoms with Gasteiger partial charge in [-0.15, -0.1) is 0 Å². The number of halogens is 1. The van der Waals surface area contributed by atoms with Crippen molar-refractivity contribution in [3.05, 3.63) is 28.8 Å². The van der Waals surface area contributed by atoms with Gasteiger partial charge in [-0.2, -0.15) is 0 Å². The number of hydrogen-bond donors (Lipinski definition) is 1. The number of rotatable bonds is 2. The van der Waals surface area contributed by atoms with Gasteiger partial charge < -0.3 is 15.2 Å². The van der Waals surface area contributed by atoms with Crippen molar-refractivity contribution in [3.63, 3.8) is 0 Å². The summed E-state index contributed by atoms with van der Waals surface area (Å²) in [6, 6.07) is 5.97. The van der Waals surface area contributed by atoms with E-state index >= 15 is 0 Å². The molecule has 2 aliphatic rings. The van der Waals surface area contributed by atoms with Gasteiger partial charge in [0.1, 0.15) is 5.75 Å². The summed E-state index contributed by atoms with van der Waals surface area (Å²) in [6.07, 6.45) is 1.98. The number of fused-ring (bicyclic) bond motifs is 1. The Kier molecular flexibility index (Phi) is 4.17. The average molecular weight is 297 g/mol. The molecule has 0 aromatic heterocycles. The molecule has 2 aliphatic heterocycles. The summed E-state index contributed by atoms with van der Waals surface area (Å²) in [6.45, 7) is 4.61. The Labute approximate surface area is 124 Å². The Morgan fingerprint density at radius 3 is 2.80 bits per heavy atom. The maximum atomic E-state index is 6.33. The average Bonchev–Trinajstić information content (AvgIpc) is 2.69. The highest BCUT2D eigenvalue weighted by atomic mass is 35.5. The van der Waals surface area contributed by atoms with Gasteiger partial charge in [0.05, 0.1) is 30.4 Å². The molecule has 1 saturated heterocycles. The van der Waals surface area contributed by atoms with Crippen LogP contribution in [0.5, 0.6) is 5.75 Å². The summed E-state index contributed by atoms with van der Waals surface area (Å²) >= 11 is 6.33. The molecule has 5 heteroatoms. The summed E-state index contributed by atoms with van der Waals surface area (Å²) in [5, 5.41) is 0.676. The van der Waals surface area contributed by atoms with E-state index in [1.54, 1.807) is 0 Å². The minimum atomic E-state index is -0.180. The van der Waals surface area contributed by atoms with Crippen LogP contribution < -0.4 is 10.5 Å². The molecule has 20 heavy (non-hydrogen) atoms. The van der Waals surface area contributed by atoms with Crippen LogP contribution in [0.2, 0.25) is 5.02 Å². The smallest absolute Gasteiger partial charge is 0.142 e. The highest BCUT2D eigenvalue weighted by Gasteiger charge is 2.41. The second-order valence-electron chi connectivity index (χ2n) is 5.40. The van der Waals surface area contributed by atoms with E-state index in [0.717, 1.165) is 50.5 Å². The predicted octanol–water partition coefficient (Wildman–Crippen LogP) is 2.00. The number of hydrogen-bond acceptors (Lipinski definition) is 4. The van der Waals surface area contributed by atoms with Gasteiger partial charge in [0.15, 0.2) is 0 Å². The molecule has 2 heterocycles. The van der Waals surface area contributed by atoms with Crippen LogP contribution in [0.4, 0.5) is 0 Å². The van der Waals surface area contributed by atoms with Gasteiger partial charge in [0.2, 0.25) is 0 Å². The maximum absolute atomic E-state index is 6.33. The summed E-state index contributed by atoms with van der Waals surface area (Å²) in [5.41, 5.74) is 7.17. The van der Waals surface area contributed by atoms with Crippen molar-refractivity contribution >= 4 is 11.6 Å². The molecule has 4 nitrogen and oxygen atoms in total. The monoisotopic (exact) mass is 296 g/mol. The Balaban J connectivity index is 2.07. The molecule has 2 N–H and O–H groups in total. The third kappa shape index (κ3) is 2.31. The van der Waals surface area contributed by atoms with Crippen LogP contribution in [0.1, 0.15) is 18.4 Å². The quantitative estimate of drug-likeness (QED) is 0.907. The Bertz CT molecular complexity index is 477. The lowest BCUT2D eigenvalue weighted by Crippen LogP contribution is -2.55. The van der Waals surface area contributed by atoms with Gasteiger partial charge in [-0.3, -0.25) is 4.90 Å². The molecule has 1 aromatic rings. The van der Waals surface area contributed by atoms with Crippen molar-refractivity contribution in [1.29, 1.82) is 0 Å².